The van der Waals surface area contributed by atoms with Crippen molar-refractivity contribution in [2.24, 2.45) is 5.92 Å². The van der Waals surface area contributed by atoms with Gasteiger partial charge in [-0.25, -0.2) is 0 Å². The summed E-state index contributed by atoms with van der Waals surface area (Å²) < 4.78 is 6.05. The molecule has 5 nitrogen and oxygen atoms in total. The van der Waals surface area contributed by atoms with Crippen LogP contribution in [-0.2, 0) is 14.3 Å². The Bertz CT molecular complexity index is 701. The van der Waals surface area contributed by atoms with E-state index in [1.54, 1.807) is 11.9 Å². The number of carbonyl (C=O) groups excluding carboxylic acids is 2. The molecule has 1 N–H and O–H groups in total. The van der Waals surface area contributed by atoms with E-state index < -0.39 is 0 Å². The van der Waals surface area contributed by atoms with E-state index in [0.29, 0.717) is 25.9 Å². The third-order valence-corrected chi connectivity index (χ3v) is 5.04. The van der Waals surface area contributed by atoms with Crippen molar-refractivity contribution in [1.82, 2.24) is 10.2 Å². The number of hydrogen-bond acceptors (Lipinski definition) is 3. The molecule has 0 aliphatic carbocycles. The predicted molar refractivity (Wildman–Crippen MR) is 104 cm³/mol. The number of ether oxygens (including phenoxy) is 1. The maximum atomic E-state index is 12.6. The molecule has 5 heteroatoms. The van der Waals surface area contributed by atoms with Crippen molar-refractivity contribution in [3.05, 3.63) is 71.8 Å². The van der Waals surface area contributed by atoms with Gasteiger partial charge in [-0.1, -0.05) is 60.7 Å². The Morgan fingerprint density at radius 3 is 2.00 bits per heavy atom. The summed E-state index contributed by atoms with van der Waals surface area (Å²) in [4.78, 5) is 26.1. The molecule has 0 bridgehead atoms. The summed E-state index contributed by atoms with van der Waals surface area (Å²) >= 11 is 0. The number of piperidine rings is 1. The smallest absolute Gasteiger partial charge is 0.248 e. The van der Waals surface area contributed by atoms with Crippen LogP contribution in [0.2, 0.25) is 0 Å². The molecule has 0 aromatic heterocycles. The molecule has 2 aromatic carbocycles. The molecule has 2 amide bonds. The minimum Gasteiger partial charge on any atom is -0.359 e. The summed E-state index contributed by atoms with van der Waals surface area (Å²) in [5, 5.41) is 2.69. The maximum absolute atomic E-state index is 12.6. The molecular weight excluding hydrogens is 340 g/mol. The van der Waals surface area contributed by atoms with Crippen LogP contribution in [0.5, 0.6) is 0 Å². The molecule has 1 aliphatic rings. The van der Waals surface area contributed by atoms with Gasteiger partial charge in [0, 0.05) is 26.1 Å². The lowest BCUT2D eigenvalue weighted by Gasteiger charge is -2.31. The lowest BCUT2D eigenvalue weighted by atomic mass is 9.96. The summed E-state index contributed by atoms with van der Waals surface area (Å²) in [6.07, 6.45) is 1.12. The van der Waals surface area contributed by atoms with Gasteiger partial charge in [0.1, 0.15) is 12.7 Å². The Hall–Kier alpha value is -2.66. The molecule has 1 fully saturated rings. The zero-order valence-electron chi connectivity index (χ0n) is 15.6. The highest BCUT2D eigenvalue weighted by molar-refractivity contribution is 5.80. The van der Waals surface area contributed by atoms with Gasteiger partial charge in [-0.15, -0.1) is 0 Å². The molecule has 1 saturated heterocycles. The third kappa shape index (κ3) is 4.95. The van der Waals surface area contributed by atoms with Crippen LogP contribution in [0, 0.1) is 5.92 Å². The summed E-state index contributed by atoms with van der Waals surface area (Å²) in [6, 6.07) is 19.9. The molecule has 1 heterocycles. The average molecular weight is 366 g/mol. The van der Waals surface area contributed by atoms with Crippen LogP contribution < -0.4 is 5.32 Å². The van der Waals surface area contributed by atoms with Crippen molar-refractivity contribution in [1.29, 1.82) is 0 Å². The lowest BCUT2D eigenvalue weighted by molar-refractivity contribution is -0.140. The summed E-state index contributed by atoms with van der Waals surface area (Å²) in [7, 11) is 1.65. The van der Waals surface area contributed by atoms with Crippen molar-refractivity contribution >= 4 is 11.8 Å². The number of nitrogens with one attached hydrogen (secondary N) is 1. The summed E-state index contributed by atoms with van der Waals surface area (Å²) in [5.74, 6) is 0.0372. The van der Waals surface area contributed by atoms with Gasteiger partial charge >= 0.3 is 0 Å². The van der Waals surface area contributed by atoms with Gasteiger partial charge in [-0.3, -0.25) is 9.59 Å². The van der Waals surface area contributed by atoms with E-state index in [4.69, 9.17) is 4.74 Å². The van der Waals surface area contributed by atoms with Gasteiger partial charge in [-0.2, -0.15) is 0 Å². The SMILES string of the molecule is CNC(=O)C1CCN(C(=O)COC(c2ccccc2)c2ccccc2)CC1. The minimum atomic E-state index is -0.278. The molecule has 0 radical (unpaired) electrons. The van der Waals surface area contributed by atoms with Gasteiger partial charge in [0.15, 0.2) is 0 Å². The second-order valence-electron chi connectivity index (χ2n) is 6.78. The van der Waals surface area contributed by atoms with Gasteiger partial charge in [0.05, 0.1) is 0 Å². The van der Waals surface area contributed by atoms with Crippen molar-refractivity contribution in [2.75, 3.05) is 26.7 Å². The van der Waals surface area contributed by atoms with Crippen molar-refractivity contribution < 1.29 is 14.3 Å². The van der Waals surface area contributed by atoms with Crippen LogP contribution in [0.25, 0.3) is 0 Å². The second-order valence-corrected chi connectivity index (χ2v) is 6.78. The molecule has 0 unspecified atom stereocenters. The van der Waals surface area contributed by atoms with Gasteiger partial charge < -0.3 is 15.0 Å². The quantitative estimate of drug-likeness (QED) is 0.855. The first-order chi connectivity index (χ1) is 13.2. The molecule has 0 atom stereocenters. The van der Waals surface area contributed by atoms with Crippen LogP contribution in [0.3, 0.4) is 0 Å². The van der Waals surface area contributed by atoms with Crippen LogP contribution in [0.1, 0.15) is 30.1 Å². The van der Waals surface area contributed by atoms with E-state index in [2.05, 4.69) is 5.32 Å². The molecule has 142 valence electrons. The Morgan fingerprint density at radius 1 is 1.00 bits per heavy atom. The van der Waals surface area contributed by atoms with Crippen molar-refractivity contribution in [3.8, 4) is 0 Å². The first-order valence-corrected chi connectivity index (χ1v) is 9.40. The van der Waals surface area contributed by atoms with Crippen LogP contribution >= 0.6 is 0 Å². The number of hydrogen-bond donors (Lipinski definition) is 1. The zero-order valence-corrected chi connectivity index (χ0v) is 15.6. The topological polar surface area (TPSA) is 58.6 Å². The highest BCUT2D eigenvalue weighted by atomic mass is 16.5. The Kier molecular flexibility index (Phi) is 6.60. The first kappa shape index (κ1) is 19.1. The van der Waals surface area contributed by atoms with E-state index >= 15 is 0 Å². The highest BCUT2D eigenvalue weighted by Crippen LogP contribution is 2.26. The largest absolute Gasteiger partial charge is 0.359 e. The average Bonchev–Trinajstić information content (AvgIpc) is 2.75. The third-order valence-electron chi connectivity index (χ3n) is 5.04. The van der Waals surface area contributed by atoms with E-state index in [-0.39, 0.29) is 30.4 Å². The second kappa shape index (κ2) is 9.33. The molecule has 0 saturated carbocycles. The Balaban J connectivity index is 1.61. The first-order valence-electron chi connectivity index (χ1n) is 9.40. The van der Waals surface area contributed by atoms with Crippen LogP contribution in [0.15, 0.2) is 60.7 Å². The van der Waals surface area contributed by atoms with Crippen LogP contribution in [-0.4, -0.2) is 43.5 Å². The molecule has 3 rings (SSSR count). The highest BCUT2D eigenvalue weighted by Gasteiger charge is 2.27. The fourth-order valence-electron chi connectivity index (χ4n) is 3.48. The number of likely N-dealkylation sites (tertiary alicyclic amines) is 1. The molecule has 0 spiro atoms. The summed E-state index contributed by atoms with van der Waals surface area (Å²) in [6.45, 7) is 1.22. The fraction of sp³-hybridized carbons (Fsp3) is 0.364. The zero-order chi connectivity index (χ0) is 19.1. The number of carbonyl (C=O) groups is 2. The molecular formula is C22H26N2O3. The van der Waals surface area contributed by atoms with E-state index in [0.717, 1.165) is 11.1 Å². The number of amides is 2. The number of benzene rings is 2. The standard InChI is InChI=1S/C22H26N2O3/c1-23-22(26)19-12-14-24(15-13-19)20(25)16-27-21(17-8-4-2-5-9-17)18-10-6-3-7-11-18/h2-11,19,21H,12-16H2,1H3,(H,23,26). The fourth-order valence-corrected chi connectivity index (χ4v) is 3.48. The summed E-state index contributed by atoms with van der Waals surface area (Å²) in [5.41, 5.74) is 2.05. The Labute approximate surface area is 160 Å². The van der Waals surface area contributed by atoms with Gasteiger partial charge in [-0.05, 0) is 24.0 Å². The number of nitrogens with zero attached hydrogens (tertiary/aromatic N) is 1. The number of rotatable bonds is 6. The molecule has 1 aliphatic heterocycles. The maximum Gasteiger partial charge on any atom is 0.248 e. The van der Waals surface area contributed by atoms with E-state index in [1.807, 2.05) is 60.7 Å². The van der Waals surface area contributed by atoms with Crippen molar-refractivity contribution in [3.63, 3.8) is 0 Å². The molecule has 27 heavy (non-hydrogen) atoms. The monoisotopic (exact) mass is 366 g/mol. The molecule has 2 aromatic rings. The predicted octanol–water partition coefficient (Wildman–Crippen LogP) is 2.78. The van der Waals surface area contributed by atoms with Crippen molar-refractivity contribution in [2.45, 2.75) is 18.9 Å². The Morgan fingerprint density at radius 2 is 1.52 bits per heavy atom. The minimum absolute atomic E-state index is 0.00125. The van der Waals surface area contributed by atoms with Crippen LogP contribution in [0.4, 0.5) is 0 Å². The van der Waals surface area contributed by atoms with E-state index in [1.165, 1.54) is 0 Å². The van der Waals surface area contributed by atoms with E-state index in [9.17, 15) is 9.59 Å². The lowest BCUT2D eigenvalue weighted by Crippen LogP contribution is -2.43. The normalized spacial score (nSPS) is 15.0. The van der Waals surface area contributed by atoms with Gasteiger partial charge in [0.25, 0.3) is 0 Å². The van der Waals surface area contributed by atoms with Gasteiger partial charge in [0.2, 0.25) is 11.8 Å².